The number of hydrogen-bond acceptors (Lipinski definition) is 2. The lowest BCUT2D eigenvalue weighted by atomic mass is 10.1. The Bertz CT molecular complexity index is 494. The van der Waals surface area contributed by atoms with Crippen molar-refractivity contribution < 1.29 is 4.79 Å². The van der Waals surface area contributed by atoms with Crippen molar-refractivity contribution in [1.29, 1.82) is 0 Å². The second kappa shape index (κ2) is 6.27. The smallest absolute Gasteiger partial charge is 0.221 e. The largest absolute Gasteiger partial charge is 0.351 e. The van der Waals surface area contributed by atoms with Crippen LogP contribution in [0.25, 0.3) is 0 Å². The van der Waals surface area contributed by atoms with Crippen molar-refractivity contribution in [3.8, 4) is 0 Å². The highest BCUT2D eigenvalue weighted by atomic mass is 79.9. The van der Waals surface area contributed by atoms with Gasteiger partial charge in [0, 0.05) is 29.0 Å². The highest BCUT2D eigenvalue weighted by Gasteiger charge is 2.23. The molecule has 110 valence electrons. The SMILES string of the molecule is CC(C)(C)NC(=O)CCNC1CCc2c(Br)cccc21. The molecule has 2 rings (SSSR count). The van der Waals surface area contributed by atoms with Gasteiger partial charge in [-0.05, 0) is 50.8 Å². The lowest BCUT2D eigenvalue weighted by Crippen LogP contribution is -2.41. The predicted molar refractivity (Wildman–Crippen MR) is 85.7 cm³/mol. The van der Waals surface area contributed by atoms with Crippen LogP contribution in [0.1, 0.15) is 50.8 Å². The number of carbonyl (C=O) groups is 1. The molecule has 1 aromatic carbocycles. The zero-order chi connectivity index (χ0) is 14.8. The molecule has 1 amide bonds. The van der Waals surface area contributed by atoms with Gasteiger partial charge in [0.15, 0.2) is 0 Å². The Morgan fingerprint density at radius 3 is 2.85 bits per heavy atom. The Labute approximate surface area is 129 Å². The van der Waals surface area contributed by atoms with Gasteiger partial charge >= 0.3 is 0 Å². The van der Waals surface area contributed by atoms with Crippen molar-refractivity contribution in [3.05, 3.63) is 33.8 Å². The minimum Gasteiger partial charge on any atom is -0.351 e. The number of fused-ring (bicyclic) bond motifs is 1. The van der Waals surface area contributed by atoms with Crippen LogP contribution in [0, 0.1) is 0 Å². The van der Waals surface area contributed by atoms with Crippen LogP contribution in [0.4, 0.5) is 0 Å². The second-order valence-corrected chi connectivity index (χ2v) is 7.26. The molecule has 0 radical (unpaired) electrons. The number of nitrogens with one attached hydrogen (secondary N) is 2. The Balaban J connectivity index is 1.83. The van der Waals surface area contributed by atoms with E-state index in [0.717, 1.165) is 19.4 Å². The van der Waals surface area contributed by atoms with Gasteiger partial charge in [-0.3, -0.25) is 4.79 Å². The van der Waals surface area contributed by atoms with E-state index in [1.807, 2.05) is 20.8 Å². The van der Waals surface area contributed by atoms with E-state index in [4.69, 9.17) is 0 Å². The fourth-order valence-electron chi connectivity index (χ4n) is 2.66. The maximum absolute atomic E-state index is 11.8. The second-order valence-electron chi connectivity index (χ2n) is 6.40. The first-order chi connectivity index (χ1) is 9.37. The lowest BCUT2D eigenvalue weighted by molar-refractivity contribution is -0.122. The molecule has 1 unspecified atom stereocenters. The molecule has 0 aliphatic heterocycles. The van der Waals surface area contributed by atoms with E-state index >= 15 is 0 Å². The Morgan fingerprint density at radius 2 is 2.15 bits per heavy atom. The lowest BCUT2D eigenvalue weighted by Gasteiger charge is -2.21. The van der Waals surface area contributed by atoms with Gasteiger partial charge < -0.3 is 10.6 Å². The van der Waals surface area contributed by atoms with Crippen LogP contribution < -0.4 is 10.6 Å². The predicted octanol–water partition coefficient (Wildman–Crippen LogP) is 3.33. The van der Waals surface area contributed by atoms with Gasteiger partial charge in [-0.15, -0.1) is 0 Å². The number of amides is 1. The minimum absolute atomic E-state index is 0.109. The summed E-state index contributed by atoms with van der Waals surface area (Å²) >= 11 is 3.61. The van der Waals surface area contributed by atoms with Gasteiger partial charge in [0.2, 0.25) is 5.91 Å². The van der Waals surface area contributed by atoms with Gasteiger partial charge in [0.1, 0.15) is 0 Å². The van der Waals surface area contributed by atoms with Crippen LogP contribution >= 0.6 is 15.9 Å². The number of halogens is 1. The summed E-state index contributed by atoms with van der Waals surface area (Å²) in [7, 11) is 0. The molecule has 0 saturated heterocycles. The summed E-state index contributed by atoms with van der Waals surface area (Å²) < 4.78 is 1.20. The fourth-order valence-corrected chi connectivity index (χ4v) is 3.24. The van der Waals surface area contributed by atoms with Gasteiger partial charge in [-0.2, -0.15) is 0 Å². The Kier molecular flexibility index (Phi) is 4.86. The Hall–Kier alpha value is -0.870. The first-order valence-corrected chi connectivity index (χ1v) is 7.98. The molecule has 0 bridgehead atoms. The molecule has 1 aromatic rings. The van der Waals surface area contributed by atoms with Gasteiger partial charge in [-0.1, -0.05) is 28.1 Å². The van der Waals surface area contributed by atoms with Crippen molar-refractivity contribution >= 4 is 21.8 Å². The topological polar surface area (TPSA) is 41.1 Å². The van der Waals surface area contributed by atoms with Gasteiger partial charge in [0.25, 0.3) is 0 Å². The fraction of sp³-hybridized carbons (Fsp3) is 0.562. The molecule has 0 heterocycles. The molecule has 0 spiro atoms. The molecular weight excluding hydrogens is 316 g/mol. The third-order valence-corrected chi connectivity index (χ3v) is 4.21. The van der Waals surface area contributed by atoms with Crippen LogP contribution in [0.15, 0.2) is 22.7 Å². The van der Waals surface area contributed by atoms with Crippen molar-refractivity contribution in [2.75, 3.05) is 6.54 Å². The zero-order valence-corrected chi connectivity index (χ0v) is 14.0. The van der Waals surface area contributed by atoms with E-state index in [0.29, 0.717) is 12.5 Å². The molecule has 3 nitrogen and oxygen atoms in total. The van der Waals surface area contributed by atoms with Crippen LogP contribution in [0.3, 0.4) is 0 Å². The summed E-state index contributed by atoms with van der Waals surface area (Å²) in [5, 5.41) is 6.49. The average Bonchev–Trinajstić information content (AvgIpc) is 2.72. The van der Waals surface area contributed by atoms with Crippen molar-refractivity contribution in [2.24, 2.45) is 0 Å². The van der Waals surface area contributed by atoms with Crippen LogP contribution in [-0.4, -0.2) is 18.0 Å². The highest BCUT2D eigenvalue weighted by Crippen LogP contribution is 2.35. The molecule has 0 fully saturated rings. The van der Waals surface area contributed by atoms with Crippen LogP contribution in [0.5, 0.6) is 0 Å². The molecule has 4 heteroatoms. The molecular formula is C16H23BrN2O. The summed E-state index contributed by atoms with van der Waals surface area (Å²) in [5.41, 5.74) is 2.63. The third kappa shape index (κ3) is 4.06. The van der Waals surface area contributed by atoms with Gasteiger partial charge in [-0.25, -0.2) is 0 Å². The van der Waals surface area contributed by atoms with Crippen LogP contribution in [0.2, 0.25) is 0 Å². The molecule has 1 atom stereocenters. The maximum atomic E-state index is 11.8. The molecule has 1 aliphatic carbocycles. The monoisotopic (exact) mass is 338 g/mol. The maximum Gasteiger partial charge on any atom is 0.221 e. The summed E-state index contributed by atoms with van der Waals surface area (Å²) in [4.78, 5) is 11.8. The van der Waals surface area contributed by atoms with Crippen molar-refractivity contribution in [1.82, 2.24) is 10.6 Å². The van der Waals surface area contributed by atoms with E-state index < -0.39 is 0 Å². The molecule has 1 aliphatic rings. The standard InChI is InChI=1S/C16H23BrN2O/c1-16(2,3)19-15(20)9-10-18-14-8-7-11-12(14)5-4-6-13(11)17/h4-6,14,18H,7-10H2,1-3H3,(H,19,20). The quantitative estimate of drug-likeness (QED) is 0.883. The molecule has 0 aromatic heterocycles. The van der Waals surface area contributed by atoms with Gasteiger partial charge in [0.05, 0.1) is 0 Å². The van der Waals surface area contributed by atoms with E-state index in [-0.39, 0.29) is 11.4 Å². The molecule has 20 heavy (non-hydrogen) atoms. The third-order valence-electron chi connectivity index (χ3n) is 3.47. The zero-order valence-electron chi connectivity index (χ0n) is 12.4. The number of carbonyl (C=O) groups excluding carboxylic acids is 1. The summed E-state index contributed by atoms with van der Waals surface area (Å²) in [5.74, 6) is 0.109. The number of benzene rings is 1. The van der Waals surface area contributed by atoms with E-state index in [2.05, 4.69) is 44.8 Å². The normalized spacial score (nSPS) is 17.9. The Morgan fingerprint density at radius 1 is 1.40 bits per heavy atom. The van der Waals surface area contributed by atoms with Crippen molar-refractivity contribution in [3.63, 3.8) is 0 Å². The van der Waals surface area contributed by atoms with E-state index in [9.17, 15) is 4.79 Å². The minimum atomic E-state index is -0.151. The molecule has 0 saturated carbocycles. The van der Waals surface area contributed by atoms with E-state index in [1.54, 1.807) is 0 Å². The number of hydrogen-bond donors (Lipinski definition) is 2. The number of rotatable bonds is 4. The summed E-state index contributed by atoms with van der Waals surface area (Å²) in [6.07, 6.45) is 2.73. The first-order valence-electron chi connectivity index (χ1n) is 7.18. The molecule has 2 N–H and O–H groups in total. The summed E-state index contributed by atoms with van der Waals surface area (Å²) in [6.45, 7) is 6.73. The first kappa shape index (κ1) is 15.5. The van der Waals surface area contributed by atoms with Crippen LogP contribution in [-0.2, 0) is 11.2 Å². The summed E-state index contributed by atoms with van der Waals surface area (Å²) in [6, 6.07) is 6.73. The highest BCUT2D eigenvalue weighted by molar-refractivity contribution is 9.10. The van der Waals surface area contributed by atoms with E-state index in [1.165, 1.54) is 15.6 Å². The van der Waals surface area contributed by atoms with Crippen molar-refractivity contribution in [2.45, 2.75) is 51.6 Å². The average molecular weight is 339 g/mol.